The van der Waals surface area contributed by atoms with Crippen LogP contribution >= 0.6 is 0 Å². The Morgan fingerprint density at radius 3 is 2.73 bits per heavy atom. The lowest BCUT2D eigenvalue weighted by molar-refractivity contribution is 0.0903. The third kappa shape index (κ3) is 4.16. The van der Waals surface area contributed by atoms with Crippen molar-refractivity contribution in [3.63, 3.8) is 0 Å². The molecule has 30 heavy (non-hydrogen) atoms. The summed E-state index contributed by atoms with van der Waals surface area (Å²) in [5, 5.41) is 11.4. The monoisotopic (exact) mass is 408 g/mol. The van der Waals surface area contributed by atoms with Crippen LogP contribution in [0.15, 0.2) is 41.6 Å². The summed E-state index contributed by atoms with van der Waals surface area (Å²) in [6, 6.07) is 5.17. The topological polar surface area (TPSA) is 104 Å². The van der Waals surface area contributed by atoms with Crippen molar-refractivity contribution >= 4 is 5.91 Å². The summed E-state index contributed by atoms with van der Waals surface area (Å²) in [7, 11) is 3.31. The number of methoxy groups -OCH3 is 1. The minimum atomic E-state index is -0.517. The van der Waals surface area contributed by atoms with Gasteiger partial charge >= 0.3 is 0 Å². The van der Waals surface area contributed by atoms with Crippen molar-refractivity contribution in [2.45, 2.75) is 31.7 Å². The Kier molecular flexibility index (Phi) is 5.45. The zero-order valence-electron chi connectivity index (χ0n) is 17.2. The van der Waals surface area contributed by atoms with Gasteiger partial charge in [0.25, 0.3) is 11.5 Å². The van der Waals surface area contributed by atoms with Crippen molar-refractivity contribution in [2.75, 3.05) is 13.7 Å². The summed E-state index contributed by atoms with van der Waals surface area (Å²) in [6.07, 6.45) is 7.27. The summed E-state index contributed by atoms with van der Waals surface area (Å²) in [4.78, 5) is 30.4. The molecule has 0 aromatic carbocycles. The zero-order chi connectivity index (χ0) is 21.3. The van der Waals surface area contributed by atoms with E-state index in [-0.39, 0.29) is 11.6 Å². The highest BCUT2D eigenvalue weighted by atomic mass is 16.5. The Morgan fingerprint density at radius 2 is 2.13 bits per heavy atom. The Balaban J connectivity index is 1.77. The lowest BCUT2D eigenvalue weighted by Crippen LogP contribution is -2.39. The lowest BCUT2D eigenvalue weighted by atomic mass is 10.1. The van der Waals surface area contributed by atoms with Gasteiger partial charge in [0.05, 0.1) is 24.7 Å². The highest BCUT2D eigenvalue weighted by Crippen LogP contribution is 2.39. The number of amides is 1. The van der Waals surface area contributed by atoms with Crippen LogP contribution < -0.4 is 10.9 Å². The van der Waals surface area contributed by atoms with Gasteiger partial charge in [0, 0.05) is 43.6 Å². The lowest BCUT2D eigenvalue weighted by Gasteiger charge is -2.14. The largest absolute Gasteiger partial charge is 0.383 e. The number of hydrogen-bond donors (Lipinski definition) is 1. The van der Waals surface area contributed by atoms with Crippen molar-refractivity contribution in [2.24, 2.45) is 7.05 Å². The second-order valence-corrected chi connectivity index (χ2v) is 7.61. The van der Waals surface area contributed by atoms with Gasteiger partial charge in [-0.1, -0.05) is 0 Å². The maximum Gasteiger partial charge on any atom is 0.284 e. The fourth-order valence-corrected chi connectivity index (χ4v) is 3.26. The molecule has 1 saturated carbocycles. The number of pyridine rings is 1. The van der Waals surface area contributed by atoms with Gasteiger partial charge in [-0.2, -0.15) is 14.9 Å². The van der Waals surface area contributed by atoms with E-state index in [0.29, 0.717) is 23.9 Å². The standard InChI is InChI=1S/C21H24N6O3/c1-13(12-30-3)24-20(28)17-8-19(15-6-7-18(22-9-15)14-4-5-14)25-27(21(17)29)16-10-23-26(2)11-16/h6-11,13-14H,4-5,12H2,1-3H3,(H,24,28)/t13-/m0/s1. The van der Waals surface area contributed by atoms with Gasteiger partial charge in [0.2, 0.25) is 0 Å². The van der Waals surface area contributed by atoms with Crippen LogP contribution in [0, 0.1) is 0 Å². The number of nitrogens with one attached hydrogen (secondary N) is 1. The molecule has 0 spiro atoms. The van der Waals surface area contributed by atoms with E-state index >= 15 is 0 Å². The van der Waals surface area contributed by atoms with E-state index in [1.807, 2.05) is 19.1 Å². The molecule has 3 aromatic heterocycles. The van der Waals surface area contributed by atoms with E-state index in [4.69, 9.17) is 4.74 Å². The molecule has 4 rings (SSSR count). The minimum Gasteiger partial charge on any atom is -0.383 e. The molecule has 0 bridgehead atoms. The number of nitrogens with zero attached hydrogens (tertiary/aromatic N) is 5. The van der Waals surface area contributed by atoms with E-state index in [0.717, 1.165) is 11.3 Å². The average Bonchev–Trinajstić information content (AvgIpc) is 3.49. The summed E-state index contributed by atoms with van der Waals surface area (Å²) in [5.74, 6) is 0.0633. The smallest absolute Gasteiger partial charge is 0.284 e. The van der Waals surface area contributed by atoms with Crippen molar-refractivity contribution in [1.29, 1.82) is 0 Å². The molecule has 3 aromatic rings. The Hall–Kier alpha value is -3.33. The van der Waals surface area contributed by atoms with Gasteiger partial charge < -0.3 is 10.1 Å². The number of ether oxygens (including phenoxy) is 1. The van der Waals surface area contributed by atoms with Gasteiger partial charge in [-0.05, 0) is 38.0 Å². The molecule has 1 N–H and O–H groups in total. The number of carbonyl (C=O) groups is 1. The molecule has 1 amide bonds. The second kappa shape index (κ2) is 8.19. The Labute approximate surface area is 173 Å². The van der Waals surface area contributed by atoms with E-state index in [9.17, 15) is 9.59 Å². The fourth-order valence-electron chi connectivity index (χ4n) is 3.26. The first-order valence-electron chi connectivity index (χ1n) is 9.85. The molecule has 9 nitrogen and oxygen atoms in total. The molecule has 0 radical (unpaired) electrons. The van der Waals surface area contributed by atoms with Crippen LogP contribution in [0.3, 0.4) is 0 Å². The van der Waals surface area contributed by atoms with Gasteiger partial charge in [-0.3, -0.25) is 19.3 Å². The van der Waals surface area contributed by atoms with Gasteiger partial charge in [0.15, 0.2) is 0 Å². The van der Waals surface area contributed by atoms with Crippen LogP contribution in [0.5, 0.6) is 0 Å². The Morgan fingerprint density at radius 1 is 1.33 bits per heavy atom. The van der Waals surface area contributed by atoms with Crippen LogP contribution in [0.25, 0.3) is 16.9 Å². The maximum atomic E-state index is 13.1. The number of hydrogen-bond acceptors (Lipinski definition) is 6. The van der Waals surface area contributed by atoms with Crippen molar-refractivity contribution in [3.8, 4) is 16.9 Å². The summed E-state index contributed by atoms with van der Waals surface area (Å²) < 4.78 is 7.84. The third-order valence-electron chi connectivity index (χ3n) is 4.96. The highest BCUT2D eigenvalue weighted by Gasteiger charge is 2.25. The molecular weight excluding hydrogens is 384 g/mol. The SMILES string of the molecule is COC[C@H](C)NC(=O)c1cc(-c2ccc(C3CC3)nc2)nn(-c2cnn(C)c2)c1=O. The molecule has 156 valence electrons. The van der Waals surface area contributed by atoms with E-state index in [1.165, 1.54) is 29.8 Å². The van der Waals surface area contributed by atoms with Crippen molar-refractivity contribution < 1.29 is 9.53 Å². The molecule has 3 heterocycles. The molecule has 1 atom stereocenters. The van der Waals surface area contributed by atoms with Crippen LogP contribution in [-0.2, 0) is 11.8 Å². The molecule has 1 fully saturated rings. The van der Waals surface area contributed by atoms with Crippen LogP contribution in [-0.4, -0.2) is 50.2 Å². The van der Waals surface area contributed by atoms with Gasteiger partial charge in [0.1, 0.15) is 11.3 Å². The first kappa shape index (κ1) is 20.0. The maximum absolute atomic E-state index is 13.1. The predicted molar refractivity (Wildman–Crippen MR) is 111 cm³/mol. The van der Waals surface area contributed by atoms with Crippen LogP contribution in [0.4, 0.5) is 0 Å². The highest BCUT2D eigenvalue weighted by molar-refractivity contribution is 5.95. The van der Waals surface area contributed by atoms with Gasteiger partial charge in [-0.15, -0.1) is 0 Å². The van der Waals surface area contributed by atoms with Crippen LogP contribution in [0.1, 0.15) is 41.7 Å². The van der Waals surface area contributed by atoms with Crippen LogP contribution in [0.2, 0.25) is 0 Å². The van der Waals surface area contributed by atoms with E-state index in [1.54, 1.807) is 31.2 Å². The average molecular weight is 408 g/mol. The first-order valence-corrected chi connectivity index (χ1v) is 9.85. The zero-order valence-corrected chi connectivity index (χ0v) is 17.2. The third-order valence-corrected chi connectivity index (χ3v) is 4.96. The number of carbonyl (C=O) groups excluding carboxylic acids is 1. The molecule has 0 aliphatic heterocycles. The second-order valence-electron chi connectivity index (χ2n) is 7.61. The number of rotatable bonds is 7. The van der Waals surface area contributed by atoms with Crippen molar-refractivity contribution in [1.82, 2.24) is 29.9 Å². The molecule has 1 aliphatic carbocycles. The molecule has 1 aliphatic rings. The normalized spacial score (nSPS) is 14.5. The quantitative estimate of drug-likeness (QED) is 0.638. The first-order chi connectivity index (χ1) is 14.5. The molecular formula is C21H24N6O3. The summed E-state index contributed by atoms with van der Waals surface area (Å²) >= 11 is 0. The molecule has 9 heteroatoms. The number of aryl methyl sites for hydroxylation is 1. The molecule has 0 saturated heterocycles. The van der Waals surface area contributed by atoms with Crippen molar-refractivity contribution in [3.05, 3.63) is 58.4 Å². The molecule has 0 unspecified atom stereocenters. The number of aromatic nitrogens is 5. The summed E-state index contributed by atoms with van der Waals surface area (Å²) in [5.41, 5.74) is 2.24. The fraction of sp³-hybridized carbons (Fsp3) is 0.381. The van der Waals surface area contributed by atoms with E-state index < -0.39 is 11.5 Å². The van der Waals surface area contributed by atoms with Gasteiger partial charge in [-0.25, -0.2) is 0 Å². The summed E-state index contributed by atoms with van der Waals surface area (Å²) in [6.45, 7) is 2.15. The predicted octanol–water partition coefficient (Wildman–Crippen LogP) is 1.67. The minimum absolute atomic E-state index is 0.00178. The van der Waals surface area contributed by atoms with E-state index in [2.05, 4.69) is 20.5 Å². The Bertz CT molecular complexity index is 1110.